The molecular weight excluding hydrogens is 213 g/mol. The van der Waals surface area contributed by atoms with Crippen LogP contribution < -0.4 is 0 Å². The van der Waals surface area contributed by atoms with Gasteiger partial charge in [-0.3, -0.25) is 0 Å². The first-order valence-electron chi connectivity index (χ1n) is 4.19. The molecule has 0 aromatic carbocycles. The molecule has 0 aromatic rings. The molecule has 13 heavy (non-hydrogen) atoms. The molecule has 0 bridgehead atoms. The molecule has 0 rings (SSSR count). The van der Waals surface area contributed by atoms with Crippen LogP contribution in [0.25, 0.3) is 0 Å². The predicted octanol–water partition coefficient (Wildman–Crippen LogP) is 2.31. The second-order valence-corrected chi connectivity index (χ2v) is 3.55. The maximum atomic E-state index is 11.3. The molecular formula is C8H15Cl2NO2. The fraction of sp³-hybridized carbons (Fsp3) is 0.875. The van der Waals surface area contributed by atoms with Crippen LogP contribution in [0.2, 0.25) is 0 Å². The van der Waals surface area contributed by atoms with Crippen molar-refractivity contribution in [1.82, 2.24) is 4.90 Å². The largest absolute Gasteiger partial charge is 0.447 e. The van der Waals surface area contributed by atoms with Crippen LogP contribution in [-0.4, -0.2) is 41.9 Å². The fourth-order valence-electron chi connectivity index (χ4n) is 0.775. The standard InChI is InChI=1S/C8H15Cl2NO2/c1-7(2)13-8(12)11(5-3-9)6-4-10/h7H,3-6H2,1-2H3. The molecule has 0 saturated carbocycles. The van der Waals surface area contributed by atoms with Crippen LogP contribution in [0.5, 0.6) is 0 Å². The van der Waals surface area contributed by atoms with Gasteiger partial charge in [0.2, 0.25) is 0 Å². The van der Waals surface area contributed by atoms with Gasteiger partial charge in [-0.05, 0) is 13.8 Å². The molecule has 0 N–H and O–H groups in total. The Hall–Kier alpha value is -0.150. The van der Waals surface area contributed by atoms with Crippen molar-refractivity contribution < 1.29 is 9.53 Å². The Morgan fingerprint density at radius 3 is 2.08 bits per heavy atom. The molecule has 0 aliphatic heterocycles. The van der Waals surface area contributed by atoms with Crippen LogP contribution in [0.15, 0.2) is 0 Å². The number of rotatable bonds is 5. The highest BCUT2D eigenvalue weighted by molar-refractivity contribution is 6.18. The van der Waals surface area contributed by atoms with Gasteiger partial charge in [-0.25, -0.2) is 4.79 Å². The third-order valence-electron chi connectivity index (χ3n) is 1.30. The van der Waals surface area contributed by atoms with Gasteiger partial charge in [-0.1, -0.05) is 0 Å². The van der Waals surface area contributed by atoms with Crippen molar-refractivity contribution in [3.8, 4) is 0 Å². The van der Waals surface area contributed by atoms with Crippen molar-refractivity contribution in [3.05, 3.63) is 0 Å². The first kappa shape index (κ1) is 12.8. The summed E-state index contributed by atoms with van der Waals surface area (Å²) in [5, 5.41) is 0. The second kappa shape index (κ2) is 7.27. The van der Waals surface area contributed by atoms with E-state index >= 15 is 0 Å². The van der Waals surface area contributed by atoms with Gasteiger partial charge >= 0.3 is 6.09 Å². The molecule has 0 radical (unpaired) electrons. The van der Waals surface area contributed by atoms with E-state index in [0.29, 0.717) is 24.8 Å². The smallest absolute Gasteiger partial charge is 0.410 e. The van der Waals surface area contributed by atoms with Gasteiger partial charge in [0.05, 0.1) is 6.10 Å². The van der Waals surface area contributed by atoms with Crippen LogP contribution in [-0.2, 0) is 4.74 Å². The van der Waals surface area contributed by atoms with Crippen LogP contribution in [0.3, 0.4) is 0 Å². The first-order valence-corrected chi connectivity index (χ1v) is 5.26. The SMILES string of the molecule is CC(C)OC(=O)N(CCCl)CCCl. The average Bonchev–Trinajstić information content (AvgIpc) is 2.02. The van der Waals surface area contributed by atoms with E-state index in [1.165, 1.54) is 4.90 Å². The molecule has 78 valence electrons. The Labute approximate surface area is 88.9 Å². The zero-order valence-electron chi connectivity index (χ0n) is 7.93. The van der Waals surface area contributed by atoms with Crippen LogP contribution in [0.1, 0.15) is 13.8 Å². The summed E-state index contributed by atoms with van der Waals surface area (Å²) in [7, 11) is 0. The van der Waals surface area contributed by atoms with Gasteiger partial charge < -0.3 is 9.64 Å². The summed E-state index contributed by atoms with van der Waals surface area (Å²) >= 11 is 11.0. The van der Waals surface area contributed by atoms with Gasteiger partial charge in [0.15, 0.2) is 0 Å². The number of amides is 1. The maximum Gasteiger partial charge on any atom is 0.410 e. The van der Waals surface area contributed by atoms with E-state index < -0.39 is 0 Å². The molecule has 0 heterocycles. The molecule has 0 fully saturated rings. The molecule has 0 aliphatic rings. The quantitative estimate of drug-likeness (QED) is 0.676. The zero-order valence-corrected chi connectivity index (χ0v) is 9.44. The van der Waals surface area contributed by atoms with Gasteiger partial charge in [0, 0.05) is 24.8 Å². The van der Waals surface area contributed by atoms with Crippen LogP contribution in [0, 0.1) is 0 Å². The highest BCUT2D eigenvalue weighted by Crippen LogP contribution is 1.99. The van der Waals surface area contributed by atoms with Crippen molar-refractivity contribution in [2.75, 3.05) is 24.8 Å². The van der Waals surface area contributed by atoms with Crippen molar-refractivity contribution in [3.63, 3.8) is 0 Å². The number of carbonyl (C=O) groups excluding carboxylic acids is 1. The summed E-state index contributed by atoms with van der Waals surface area (Å²) in [5.74, 6) is 0.786. The summed E-state index contributed by atoms with van der Waals surface area (Å²) in [6.45, 7) is 4.55. The third kappa shape index (κ3) is 5.99. The lowest BCUT2D eigenvalue weighted by atomic mass is 10.5. The Kier molecular flexibility index (Phi) is 7.19. The highest BCUT2D eigenvalue weighted by atomic mass is 35.5. The Morgan fingerprint density at radius 1 is 1.31 bits per heavy atom. The minimum absolute atomic E-state index is 0.111. The van der Waals surface area contributed by atoms with E-state index in [4.69, 9.17) is 27.9 Å². The van der Waals surface area contributed by atoms with E-state index in [0.717, 1.165) is 0 Å². The summed E-state index contributed by atoms with van der Waals surface area (Å²) in [6.07, 6.45) is -0.461. The number of ether oxygens (including phenoxy) is 1. The molecule has 0 spiro atoms. The number of carbonyl (C=O) groups is 1. The van der Waals surface area contributed by atoms with E-state index in [2.05, 4.69) is 0 Å². The van der Waals surface area contributed by atoms with Gasteiger partial charge in [0.25, 0.3) is 0 Å². The summed E-state index contributed by atoms with van der Waals surface area (Å²) < 4.78 is 4.99. The maximum absolute atomic E-state index is 11.3. The van der Waals surface area contributed by atoms with Gasteiger partial charge in [-0.15, -0.1) is 23.2 Å². The minimum Gasteiger partial charge on any atom is -0.447 e. The summed E-state index contributed by atoms with van der Waals surface area (Å²) in [4.78, 5) is 12.8. The first-order chi connectivity index (χ1) is 6.11. The zero-order chi connectivity index (χ0) is 10.3. The molecule has 0 aliphatic carbocycles. The molecule has 0 atom stereocenters. The third-order valence-corrected chi connectivity index (χ3v) is 1.64. The molecule has 5 heteroatoms. The van der Waals surface area contributed by atoms with Gasteiger partial charge in [0.1, 0.15) is 0 Å². The summed E-state index contributed by atoms with van der Waals surface area (Å²) in [5.41, 5.74) is 0. The Morgan fingerprint density at radius 2 is 1.77 bits per heavy atom. The molecule has 1 amide bonds. The number of nitrogens with zero attached hydrogens (tertiary/aromatic N) is 1. The number of hydrogen-bond acceptors (Lipinski definition) is 2. The lowest BCUT2D eigenvalue weighted by Gasteiger charge is -2.21. The fourth-order valence-corrected chi connectivity index (χ4v) is 1.18. The highest BCUT2D eigenvalue weighted by Gasteiger charge is 2.14. The number of hydrogen-bond donors (Lipinski definition) is 0. The van der Waals surface area contributed by atoms with E-state index in [1.807, 2.05) is 0 Å². The van der Waals surface area contributed by atoms with Crippen molar-refractivity contribution in [2.45, 2.75) is 20.0 Å². The van der Waals surface area contributed by atoms with Crippen LogP contribution in [0.4, 0.5) is 4.79 Å². The van der Waals surface area contributed by atoms with Gasteiger partial charge in [-0.2, -0.15) is 0 Å². The van der Waals surface area contributed by atoms with E-state index in [9.17, 15) is 4.79 Å². The monoisotopic (exact) mass is 227 g/mol. The average molecular weight is 228 g/mol. The van der Waals surface area contributed by atoms with E-state index in [1.54, 1.807) is 13.8 Å². The Bertz CT molecular complexity index is 147. The minimum atomic E-state index is -0.351. The molecule has 0 unspecified atom stereocenters. The molecule has 0 aromatic heterocycles. The molecule has 3 nitrogen and oxygen atoms in total. The van der Waals surface area contributed by atoms with Crippen molar-refractivity contribution >= 4 is 29.3 Å². The number of halogens is 2. The lowest BCUT2D eigenvalue weighted by Crippen LogP contribution is -2.36. The predicted molar refractivity (Wildman–Crippen MR) is 54.6 cm³/mol. The topological polar surface area (TPSA) is 29.5 Å². The normalized spacial score (nSPS) is 10.2. The summed E-state index contributed by atoms with van der Waals surface area (Å²) in [6, 6.07) is 0. The lowest BCUT2D eigenvalue weighted by molar-refractivity contribution is 0.0803. The number of alkyl halides is 2. The Balaban J connectivity index is 3.95. The molecule has 0 saturated heterocycles. The van der Waals surface area contributed by atoms with E-state index in [-0.39, 0.29) is 12.2 Å². The second-order valence-electron chi connectivity index (χ2n) is 2.80. The van der Waals surface area contributed by atoms with Crippen LogP contribution >= 0.6 is 23.2 Å². The van der Waals surface area contributed by atoms with Crippen molar-refractivity contribution in [1.29, 1.82) is 0 Å². The van der Waals surface area contributed by atoms with Crippen molar-refractivity contribution in [2.24, 2.45) is 0 Å².